The number of hydrogen-bond donors (Lipinski definition) is 2. The van der Waals surface area contributed by atoms with Gasteiger partial charge in [0.15, 0.2) is 6.19 Å². The highest BCUT2D eigenvalue weighted by molar-refractivity contribution is 5.85. The van der Waals surface area contributed by atoms with Crippen molar-refractivity contribution in [2.24, 2.45) is 4.99 Å². The molecule has 0 aromatic heterocycles. The minimum Gasteiger partial charge on any atom is -0.485 e. The van der Waals surface area contributed by atoms with Gasteiger partial charge in [-0.15, -0.1) is 0 Å². The molecular weight excluding hydrogens is 296 g/mol. The Bertz CT molecular complexity index is 700. The van der Waals surface area contributed by atoms with Crippen LogP contribution in [-0.4, -0.2) is 36.4 Å². The monoisotopic (exact) mass is 314 g/mol. The number of nitrogens with zero attached hydrogens (tertiary/aromatic N) is 3. The summed E-state index contributed by atoms with van der Waals surface area (Å²) in [6, 6.07) is 6.37. The van der Waals surface area contributed by atoms with Gasteiger partial charge >= 0.3 is 0 Å². The van der Waals surface area contributed by atoms with Gasteiger partial charge in [-0.05, 0) is 32.0 Å². The summed E-state index contributed by atoms with van der Waals surface area (Å²) in [5, 5.41) is 31.0. The van der Waals surface area contributed by atoms with E-state index < -0.39 is 17.7 Å². The Kier molecular flexibility index (Phi) is 4.85. The predicted octanol–water partition coefficient (Wildman–Crippen LogP) is 1.25. The zero-order valence-electron chi connectivity index (χ0n) is 13.2. The quantitative estimate of drug-likeness (QED) is 0.376. The van der Waals surface area contributed by atoms with Crippen LogP contribution in [0.25, 0.3) is 0 Å². The molecule has 0 aliphatic carbocycles. The zero-order chi connectivity index (χ0) is 17.0. The average molecular weight is 314 g/mol. The SMILES string of the molecule is COCC(=N[C@H]1c2cc(C#N)ccc2OC(C)(C)[C@@H]1O)NC#N. The van der Waals surface area contributed by atoms with E-state index in [0.717, 1.165) is 0 Å². The zero-order valence-corrected chi connectivity index (χ0v) is 13.2. The van der Waals surface area contributed by atoms with Gasteiger partial charge in [0.1, 0.15) is 35.9 Å². The van der Waals surface area contributed by atoms with Crippen LogP contribution in [0.3, 0.4) is 0 Å². The summed E-state index contributed by atoms with van der Waals surface area (Å²) < 4.78 is 10.8. The lowest BCUT2D eigenvalue weighted by molar-refractivity contribution is -0.0567. The number of aliphatic hydroxyl groups excluding tert-OH is 1. The summed E-state index contributed by atoms with van der Waals surface area (Å²) in [5.41, 5.74) is 0.186. The molecule has 0 saturated heterocycles. The molecule has 0 radical (unpaired) electrons. The fourth-order valence-corrected chi connectivity index (χ4v) is 2.45. The van der Waals surface area contributed by atoms with Crippen LogP contribution in [0.15, 0.2) is 23.2 Å². The normalized spacial score (nSPS) is 22.3. The number of amidine groups is 1. The molecule has 0 bridgehead atoms. The molecule has 0 spiro atoms. The molecule has 7 nitrogen and oxygen atoms in total. The summed E-state index contributed by atoms with van der Waals surface area (Å²) >= 11 is 0. The second kappa shape index (κ2) is 6.66. The number of aliphatic hydroxyl groups is 1. The molecular formula is C16H18N4O3. The van der Waals surface area contributed by atoms with E-state index >= 15 is 0 Å². The van der Waals surface area contributed by atoms with Gasteiger partial charge in [0, 0.05) is 12.7 Å². The third kappa shape index (κ3) is 3.42. The van der Waals surface area contributed by atoms with Crippen molar-refractivity contribution >= 4 is 5.84 Å². The summed E-state index contributed by atoms with van der Waals surface area (Å²) in [6.07, 6.45) is 0.850. The van der Waals surface area contributed by atoms with E-state index in [2.05, 4.69) is 16.4 Å². The number of methoxy groups -OCH3 is 1. The maximum absolute atomic E-state index is 10.6. The van der Waals surface area contributed by atoms with E-state index in [0.29, 0.717) is 22.7 Å². The van der Waals surface area contributed by atoms with Gasteiger partial charge in [0.25, 0.3) is 0 Å². The van der Waals surface area contributed by atoms with Crippen molar-refractivity contribution in [3.8, 4) is 18.0 Å². The number of fused-ring (bicyclic) bond motifs is 1. The number of rotatable bonds is 3. The average Bonchev–Trinajstić information content (AvgIpc) is 2.51. The molecule has 1 aliphatic heterocycles. The number of hydrogen-bond acceptors (Lipinski definition) is 6. The minimum absolute atomic E-state index is 0.103. The Balaban J connectivity index is 2.54. The van der Waals surface area contributed by atoms with Crippen LogP contribution >= 0.6 is 0 Å². The summed E-state index contributed by atoms with van der Waals surface area (Å²) in [7, 11) is 1.49. The van der Waals surface area contributed by atoms with Crippen LogP contribution in [0.4, 0.5) is 0 Å². The minimum atomic E-state index is -0.948. The maximum atomic E-state index is 10.6. The van der Waals surface area contributed by atoms with E-state index in [4.69, 9.17) is 20.0 Å². The van der Waals surface area contributed by atoms with Crippen molar-refractivity contribution in [2.45, 2.75) is 31.6 Å². The van der Waals surface area contributed by atoms with Crippen LogP contribution in [-0.2, 0) is 4.74 Å². The van der Waals surface area contributed by atoms with Crippen LogP contribution in [0.5, 0.6) is 5.75 Å². The molecule has 1 aliphatic rings. The van der Waals surface area contributed by atoms with Gasteiger partial charge in [0.2, 0.25) is 0 Å². The molecule has 0 amide bonds. The molecule has 2 N–H and O–H groups in total. The first kappa shape index (κ1) is 16.8. The van der Waals surface area contributed by atoms with Crippen molar-refractivity contribution in [3.63, 3.8) is 0 Å². The molecule has 2 atom stereocenters. The van der Waals surface area contributed by atoms with Gasteiger partial charge in [-0.25, -0.2) is 0 Å². The number of nitrogens with one attached hydrogen (secondary N) is 1. The first-order chi connectivity index (χ1) is 10.9. The molecule has 120 valence electrons. The van der Waals surface area contributed by atoms with Crippen LogP contribution in [0, 0.1) is 22.8 Å². The van der Waals surface area contributed by atoms with E-state index in [1.165, 1.54) is 7.11 Å². The van der Waals surface area contributed by atoms with Gasteiger partial charge < -0.3 is 14.6 Å². The van der Waals surface area contributed by atoms with Crippen LogP contribution in [0.2, 0.25) is 0 Å². The van der Waals surface area contributed by atoms with E-state index in [1.807, 2.05) is 0 Å². The molecule has 2 rings (SSSR count). The van der Waals surface area contributed by atoms with Gasteiger partial charge in [0.05, 0.1) is 11.6 Å². The van der Waals surface area contributed by atoms with Crippen molar-refractivity contribution in [1.29, 1.82) is 10.5 Å². The van der Waals surface area contributed by atoms with Crippen molar-refractivity contribution in [3.05, 3.63) is 29.3 Å². The summed E-state index contributed by atoms with van der Waals surface area (Å²) in [6.45, 7) is 3.62. The first-order valence-corrected chi connectivity index (χ1v) is 7.04. The second-order valence-corrected chi connectivity index (χ2v) is 5.71. The third-order valence-electron chi connectivity index (χ3n) is 3.62. The smallest absolute Gasteiger partial charge is 0.182 e. The Morgan fingerprint density at radius 3 is 2.83 bits per heavy atom. The Labute approximate surface area is 134 Å². The number of nitriles is 2. The van der Waals surface area contributed by atoms with Crippen molar-refractivity contribution in [1.82, 2.24) is 5.32 Å². The largest absolute Gasteiger partial charge is 0.485 e. The molecule has 1 aromatic carbocycles. The molecule has 1 aromatic rings. The second-order valence-electron chi connectivity index (χ2n) is 5.71. The van der Waals surface area contributed by atoms with Crippen molar-refractivity contribution in [2.75, 3.05) is 13.7 Å². The highest BCUT2D eigenvalue weighted by Gasteiger charge is 2.43. The van der Waals surface area contributed by atoms with Gasteiger partial charge in [-0.1, -0.05) is 0 Å². The maximum Gasteiger partial charge on any atom is 0.182 e. The number of benzene rings is 1. The Hall–Kier alpha value is -2.61. The molecule has 0 fully saturated rings. The Morgan fingerprint density at radius 1 is 1.48 bits per heavy atom. The molecule has 1 heterocycles. The van der Waals surface area contributed by atoms with Crippen LogP contribution < -0.4 is 10.1 Å². The highest BCUT2D eigenvalue weighted by Crippen LogP contribution is 2.42. The summed E-state index contributed by atoms with van der Waals surface area (Å²) in [5.74, 6) is 0.854. The lowest BCUT2D eigenvalue weighted by Gasteiger charge is -2.40. The van der Waals surface area contributed by atoms with Gasteiger partial charge in [-0.3, -0.25) is 10.3 Å². The standard InChI is InChI=1S/C16H18N4O3/c1-16(2)15(21)14(20-13(8-22-3)19-9-18)11-6-10(7-17)4-5-12(11)23-16/h4-6,14-15,21H,8H2,1-3H3,(H,19,20)/t14-,15+/m0/s1. The first-order valence-electron chi connectivity index (χ1n) is 7.04. The fraction of sp³-hybridized carbons (Fsp3) is 0.438. The van der Waals surface area contributed by atoms with Crippen molar-refractivity contribution < 1.29 is 14.6 Å². The van der Waals surface area contributed by atoms with Crippen LogP contribution in [0.1, 0.15) is 31.0 Å². The van der Waals surface area contributed by atoms with E-state index in [-0.39, 0.29) is 6.61 Å². The number of aliphatic imine (C=N–C) groups is 1. The summed E-state index contributed by atoms with van der Waals surface area (Å²) in [4.78, 5) is 4.43. The fourth-order valence-electron chi connectivity index (χ4n) is 2.45. The Morgan fingerprint density at radius 2 is 2.22 bits per heavy atom. The third-order valence-corrected chi connectivity index (χ3v) is 3.62. The van der Waals surface area contributed by atoms with Gasteiger partial charge in [-0.2, -0.15) is 10.5 Å². The lowest BCUT2D eigenvalue weighted by atomic mass is 9.86. The number of ether oxygens (including phenoxy) is 2. The van der Waals surface area contributed by atoms with E-state index in [9.17, 15) is 5.11 Å². The molecule has 7 heteroatoms. The molecule has 23 heavy (non-hydrogen) atoms. The predicted molar refractivity (Wildman–Crippen MR) is 82.7 cm³/mol. The molecule has 0 unspecified atom stereocenters. The topological polar surface area (TPSA) is 111 Å². The highest BCUT2D eigenvalue weighted by atomic mass is 16.5. The molecule has 0 saturated carbocycles. The van der Waals surface area contributed by atoms with E-state index in [1.54, 1.807) is 38.2 Å². The lowest BCUT2D eigenvalue weighted by Crippen LogP contribution is -2.48.